The van der Waals surface area contributed by atoms with Crippen molar-refractivity contribution in [2.75, 3.05) is 19.6 Å². The second-order valence-electron chi connectivity index (χ2n) is 5.86. The Bertz CT molecular complexity index is 542. The summed E-state index contributed by atoms with van der Waals surface area (Å²) in [6.07, 6.45) is 2.21. The maximum absolute atomic E-state index is 12.2. The zero-order valence-corrected chi connectivity index (χ0v) is 12.1. The first-order valence-electron chi connectivity index (χ1n) is 7.10. The van der Waals surface area contributed by atoms with E-state index < -0.39 is 10.5 Å². The third-order valence-electron chi connectivity index (χ3n) is 3.90. The first kappa shape index (κ1) is 15.6. The fraction of sp³-hybridized carbons (Fsp3) is 0.533. The normalized spacial score (nSPS) is 23.5. The molecule has 2 rings (SSSR count). The Morgan fingerprint density at radius 2 is 2.19 bits per heavy atom. The molecule has 0 radical (unpaired) electrons. The minimum Gasteiger partial charge on any atom is -0.390 e. The van der Waals surface area contributed by atoms with E-state index in [1.54, 1.807) is 6.07 Å². The molecule has 1 atom stereocenters. The molecule has 1 heterocycles. The lowest BCUT2D eigenvalue weighted by atomic mass is 9.98. The van der Waals surface area contributed by atoms with Gasteiger partial charge in [-0.2, -0.15) is 0 Å². The third kappa shape index (κ3) is 4.34. The van der Waals surface area contributed by atoms with Gasteiger partial charge in [-0.15, -0.1) is 0 Å². The monoisotopic (exact) mass is 292 g/mol. The summed E-state index contributed by atoms with van der Waals surface area (Å²) in [5.41, 5.74) is -0.372. The lowest BCUT2D eigenvalue weighted by molar-refractivity contribution is -0.384. The van der Waals surface area contributed by atoms with Crippen molar-refractivity contribution in [2.45, 2.75) is 31.8 Å². The molecule has 6 nitrogen and oxygen atoms in total. The van der Waals surface area contributed by atoms with E-state index in [9.17, 15) is 20.0 Å². The highest BCUT2D eigenvalue weighted by atomic mass is 16.6. The zero-order chi connectivity index (χ0) is 15.5. The molecule has 0 aliphatic carbocycles. The van der Waals surface area contributed by atoms with Gasteiger partial charge in [0.15, 0.2) is 5.78 Å². The molecule has 1 unspecified atom stereocenters. The van der Waals surface area contributed by atoms with Gasteiger partial charge in [0.25, 0.3) is 5.69 Å². The Balaban J connectivity index is 2.01. The van der Waals surface area contributed by atoms with Crippen molar-refractivity contribution in [1.29, 1.82) is 0 Å². The van der Waals surface area contributed by atoms with Gasteiger partial charge in [-0.05, 0) is 32.7 Å². The summed E-state index contributed by atoms with van der Waals surface area (Å²) in [6.45, 7) is 3.47. The number of nitrogens with zero attached hydrogens (tertiary/aromatic N) is 2. The number of benzene rings is 1. The van der Waals surface area contributed by atoms with E-state index in [1.165, 1.54) is 18.2 Å². The number of nitro benzene ring substituents is 1. The summed E-state index contributed by atoms with van der Waals surface area (Å²) in [5.74, 6) is -0.125. The van der Waals surface area contributed by atoms with Crippen molar-refractivity contribution in [3.8, 4) is 0 Å². The highest BCUT2D eigenvalue weighted by molar-refractivity contribution is 5.98. The highest BCUT2D eigenvalue weighted by Crippen LogP contribution is 2.21. The van der Waals surface area contributed by atoms with Crippen molar-refractivity contribution in [2.24, 2.45) is 0 Å². The molecule has 1 fully saturated rings. The molecule has 1 aromatic rings. The van der Waals surface area contributed by atoms with Gasteiger partial charge in [-0.3, -0.25) is 19.8 Å². The minimum absolute atomic E-state index is 0.0698. The van der Waals surface area contributed by atoms with E-state index in [-0.39, 0.29) is 18.0 Å². The van der Waals surface area contributed by atoms with Crippen molar-refractivity contribution in [3.05, 3.63) is 39.9 Å². The Labute approximate surface area is 123 Å². The van der Waals surface area contributed by atoms with Crippen LogP contribution in [0.25, 0.3) is 0 Å². The number of non-ortho nitro benzene ring substituents is 1. The summed E-state index contributed by atoms with van der Waals surface area (Å²) in [6, 6.07) is 5.82. The predicted molar refractivity (Wildman–Crippen MR) is 78.3 cm³/mol. The molecule has 6 heteroatoms. The van der Waals surface area contributed by atoms with E-state index in [1.807, 2.05) is 11.8 Å². The van der Waals surface area contributed by atoms with E-state index in [4.69, 9.17) is 0 Å². The quantitative estimate of drug-likeness (QED) is 0.521. The Kier molecular flexibility index (Phi) is 4.69. The number of aliphatic hydroxyl groups is 1. The number of hydrogen-bond acceptors (Lipinski definition) is 5. The second-order valence-corrected chi connectivity index (χ2v) is 5.86. The topological polar surface area (TPSA) is 83.7 Å². The Hall–Kier alpha value is -1.79. The average molecular weight is 292 g/mol. The molecule has 1 N–H and O–H groups in total. The van der Waals surface area contributed by atoms with Crippen LogP contribution in [-0.4, -0.2) is 45.9 Å². The lowest BCUT2D eigenvalue weighted by Crippen LogP contribution is -2.32. The van der Waals surface area contributed by atoms with Crippen LogP contribution in [-0.2, 0) is 0 Å². The summed E-state index contributed by atoms with van der Waals surface area (Å²) < 4.78 is 0. The van der Waals surface area contributed by atoms with Crippen molar-refractivity contribution < 1.29 is 14.8 Å². The van der Waals surface area contributed by atoms with Gasteiger partial charge in [0.2, 0.25) is 0 Å². The molecule has 0 aromatic heterocycles. The maximum Gasteiger partial charge on any atom is 0.270 e. The molecule has 0 amide bonds. The van der Waals surface area contributed by atoms with E-state index in [0.29, 0.717) is 18.5 Å². The zero-order valence-electron chi connectivity index (χ0n) is 12.1. The number of hydrogen-bond donors (Lipinski definition) is 1. The number of nitro groups is 1. The SMILES string of the molecule is CC1(O)CCCN(CC(=O)c2cccc([N+](=O)[O-])c2)CC1. The molecular formula is C15H20N2O4. The van der Waals surface area contributed by atoms with Crippen LogP contribution < -0.4 is 0 Å². The first-order chi connectivity index (χ1) is 9.87. The van der Waals surface area contributed by atoms with E-state index in [0.717, 1.165) is 19.4 Å². The van der Waals surface area contributed by atoms with E-state index >= 15 is 0 Å². The van der Waals surface area contributed by atoms with Gasteiger partial charge in [-0.1, -0.05) is 12.1 Å². The molecule has 114 valence electrons. The average Bonchev–Trinajstić information content (AvgIpc) is 2.60. The van der Waals surface area contributed by atoms with Crippen LogP contribution in [0.1, 0.15) is 36.5 Å². The number of Topliss-reactive ketones (excluding diaryl/α,β-unsaturated/α-hetero) is 1. The Morgan fingerprint density at radius 1 is 1.43 bits per heavy atom. The molecule has 1 saturated heterocycles. The Morgan fingerprint density at radius 3 is 2.90 bits per heavy atom. The predicted octanol–water partition coefficient (Wildman–Crippen LogP) is 2.01. The largest absolute Gasteiger partial charge is 0.390 e. The number of carbonyl (C=O) groups is 1. The standard InChI is InChI=1S/C15H20N2O4/c1-15(19)6-3-8-16(9-7-15)11-14(18)12-4-2-5-13(10-12)17(20)21/h2,4-5,10,19H,3,6-9,11H2,1H3. The first-order valence-corrected chi connectivity index (χ1v) is 7.10. The van der Waals surface area contributed by atoms with Crippen molar-refractivity contribution >= 4 is 11.5 Å². The van der Waals surface area contributed by atoms with Crippen LogP contribution in [0.3, 0.4) is 0 Å². The van der Waals surface area contributed by atoms with Gasteiger partial charge in [0, 0.05) is 24.2 Å². The second kappa shape index (κ2) is 6.32. The van der Waals surface area contributed by atoms with Gasteiger partial charge in [0.05, 0.1) is 17.1 Å². The van der Waals surface area contributed by atoms with Crippen LogP contribution in [0.15, 0.2) is 24.3 Å². The van der Waals surface area contributed by atoms with Crippen LogP contribution in [0.2, 0.25) is 0 Å². The van der Waals surface area contributed by atoms with Gasteiger partial charge >= 0.3 is 0 Å². The maximum atomic E-state index is 12.2. The fourth-order valence-electron chi connectivity index (χ4n) is 2.56. The smallest absolute Gasteiger partial charge is 0.270 e. The number of rotatable bonds is 4. The number of ketones is 1. The van der Waals surface area contributed by atoms with Gasteiger partial charge < -0.3 is 5.11 Å². The molecule has 1 aromatic carbocycles. The molecule has 0 spiro atoms. The summed E-state index contributed by atoms with van der Waals surface area (Å²) >= 11 is 0. The van der Waals surface area contributed by atoms with Crippen molar-refractivity contribution in [1.82, 2.24) is 4.90 Å². The summed E-state index contributed by atoms with van der Waals surface area (Å²) in [5, 5.41) is 20.8. The molecule has 0 bridgehead atoms. The number of likely N-dealkylation sites (tertiary alicyclic amines) is 1. The summed E-state index contributed by atoms with van der Waals surface area (Å²) in [4.78, 5) is 24.5. The molecule has 21 heavy (non-hydrogen) atoms. The molecule has 0 saturated carbocycles. The van der Waals surface area contributed by atoms with Crippen LogP contribution in [0.4, 0.5) is 5.69 Å². The highest BCUT2D eigenvalue weighted by Gasteiger charge is 2.26. The molecular weight excluding hydrogens is 272 g/mol. The fourth-order valence-corrected chi connectivity index (χ4v) is 2.56. The van der Waals surface area contributed by atoms with Crippen LogP contribution >= 0.6 is 0 Å². The third-order valence-corrected chi connectivity index (χ3v) is 3.90. The van der Waals surface area contributed by atoms with E-state index in [2.05, 4.69) is 0 Å². The van der Waals surface area contributed by atoms with Crippen LogP contribution in [0.5, 0.6) is 0 Å². The van der Waals surface area contributed by atoms with Crippen LogP contribution in [0, 0.1) is 10.1 Å². The number of carbonyl (C=O) groups excluding carboxylic acids is 1. The van der Waals surface area contributed by atoms with Gasteiger partial charge in [-0.25, -0.2) is 0 Å². The molecule has 1 aliphatic rings. The lowest BCUT2D eigenvalue weighted by Gasteiger charge is -2.21. The van der Waals surface area contributed by atoms with Crippen molar-refractivity contribution in [3.63, 3.8) is 0 Å². The molecule has 1 aliphatic heterocycles. The van der Waals surface area contributed by atoms with Gasteiger partial charge in [0.1, 0.15) is 0 Å². The minimum atomic E-state index is -0.663. The summed E-state index contributed by atoms with van der Waals surface area (Å²) in [7, 11) is 0.